The lowest BCUT2D eigenvalue weighted by Gasteiger charge is -2.37. The number of hydrogen-bond donors (Lipinski definition) is 2. The second kappa shape index (κ2) is 10.9. The van der Waals surface area contributed by atoms with Crippen LogP contribution >= 0.6 is 35.7 Å². The van der Waals surface area contributed by atoms with E-state index in [9.17, 15) is 0 Å². The Balaban J connectivity index is 0.00000242. The molecule has 0 aromatic rings. The quantitative estimate of drug-likeness (QED) is 0.375. The van der Waals surface area contributed by atoms with Gasteiger partial charge in [-0.1, -0.05) is 6.92 Å². The maximum atomic E-state index is 5.63. The maximum Gasteiger partial charge on any atom is 0.191 e. The van der Waals surface area contributed by atoms with Crippen LogP contribution in [0.4, 0.5) is 0 Å². The zero-order chi connectivity index (χ0) is 15.0. The van der Waals surface area contributed by atoms with Crippen molar-refractivity contribution >= 4 is 41.7 Å². The van der Waals surface area contributed by atoms with Crippen LogP contribution in [-0.2, 0) is 9.47 Å². The summed E-state index contributed by atoms with van der Waals surface area (Å²) < 4.78 is 11.4. The third-order valence-electron chi connectivity index (χ3n) is 4.18. The molecule has 1 unspecified atom stereocenters. The van der Waals surface area contributed by atoms with E-state index in [0.717, 1.165) is 63.9 Å². The molecule has 2 saturated heterocycles. The Morgan fingerprint density at radius 1 is 1.27 bits per heavy atom. The number of rotatable bonds is 6. The highest BCUT2D eigenvalue weighted by Crippen LogP contribution is 2.34. The van der Waals surface area contributed by atoms with Gasteiger partial charge in [-0.2, -0.15) is 11.8 Å². The van der Waals surface area contributed by atoms with Crippen LogP contribution in [0.3, 0.4) is 0 Å². The first-order valence-corrected chi connectivity index (χ1v) is 9.04. The van der Waals surface area contributed by atoms with Gasteiger partial charge >= 0.3 is 0 Å². The van der Waals surface area contributed by atoms with Crippen LogP contribution in [0, 0.1) is 0 Å². The molecule has 0 amide bonds. The summed E-state index contributed by atoms with van der Waals surface area (Å²) in [5.74, 6) is 2.02. The second-order valence-electron chi connectivity index (χ2n) is 5.67. The minimum Gasteiger partial charge on any atom is -0.381 e. The van der Waals surface area contributed by atoms with Gasteiger partial charge in [0.15, 0.2) is 5.96 Å². The van der Waals surface area contributed by atoms with Gasteiger partial charge in [0.2, 0.25) is 0 Å². The number of aliphatic imine (C=N–C) groups is 1. The van der Waals surface area contributed by atoms with Crippen LogP contribution < -0.4 is 10.6 Å². The van der Waals surface area contributed by atoms with E-state index >= 15 is 0 Å². The summed E-state index contributed by atoms with van der Waals surface area (Å²) in [5.41, 5.74) is 0. The summed E-state index contributed by atoms with van der Waals surface area (Å²) in [6.45, 7) is 6.66. The standard InChI is InChI=1S/C15H29N3O2S.HI/c1-3-21-15(6-9-19-10-7-15)12-18-14(16-2)17-11-13-5-4-8-20-13;/h13H,3-12H2,1-2H3,(H2,16,17,18);1H. The molecule has 0 aliphatic carbocycles. The van der Waals surface area contributed by atoms with Crippen molar-refractivity contribution in [3.05, 3.63) is 0 Å². The van der Waals surface area contributed by atoms with Gasteiger partial charge in [-0.3, -0.25) is 4.99 Å². The average Bonchev–Trinajstić information content (AvgIpc) is 3.02. The second-order valence-corrected chi connectivity index (χ2v) is 7.40. The molecule has 2 aliphatic rings. The van der Waals surface area contributed by atoms with E-state index in [2.05, 4.69) is 22.5 Å². The van der Waals surface area contributed by atoms with Crippen molar-refractivity contribution in [1.29, 1.82) is 0 Å². The van der Waals surface area contributed by atoms with E-state index in [4.69, 9.17) is 9.47 Å². The van der Waals surface area contributed by atoms with Gasteiger partial charge in [-0.25, -0.2) is 0 Å². The molecule has 0 spiro atoms. The number of nitrogens with one attached hydrogen (secondary N) is 2. The summed E-state index contributed by atoms with van der Waals surface area (Å²) in [4.78, 5) is 4.32. The molecule has 1 atom stereocenters. The van der Waals surface area contributed by atoms with Gasteiger partial charge in [0.1, 0.15) is 0 Å². The van der Waals surface area contributed by atoms with E-state index in [1.54, 1.807) is 0 Å². The number of ether oxygens (including phenoxy) is 2. The molecular formula is C15H30IN3O2S. The lowest BCUT2D eigenvalue weighted by Crippen LogP contribution is -2.49. The molecule has 0 radical (unpaired) electrons. The monoisotopic (exact) mass is 443 g/mol. The number of nitrogens with zero attached hydrogens (tertiary/aromatic N) is 1. The summed E-state index contributed by atoms with van der Waals surface area (Å²) in [7, 11) is 1.83. The van der Waals surface area contributed by atoms with E-state index < -0.39 is 0 Å². The maximum absolute atomic E-state index is 5.63. The van der Waals surface area contributed by atoms with Crippen molar-refractivity contribution < 1.29 is 9.47 Å². The smallest absolute Gasteiger partial charge is 0.191 e. The van der Waals surface area contributed by atoms with Crippen molar-refractivity contribution in [3.63, 3.8) is 0 Å². The Kier molecular flexibility index (Phi) is 10.1. The molecule has 2 rings (SSSR count). The van der Waals surface area contributed by atoms with Crippen LogP contribution in [0.1, 0.15) is 32.6 Å². The first-order valence-electron chi connectivity index (χ1n) is 8.06. The molecule has 2 aliphatic heterocycles. The molecule has 7 heteroatoms. The fourth-order valence-corrected chi connectivity index (χ4v) is 4.14. The third kappa shape index (κ3) is 6.41. The topological polar surface area (TPSA) is 54.9 Å². The lowest BCUT2D eigenvalue weighted by molar-refractivity contribution is 0.0781. The highest BCUT2D eigenvalue weighted by molar-refractivity contribution is 14.0. The average molecular weight is 443 g/mol. The van der Waals surface area contributed by atoms with Crippen LogP contribution in [0.2, 0.25) is 0 Å². The first kappa shape index (κ1) is 20.3. The molecule has 0 bridgehead atoms. The van der Waals surface area contributed by atoms with E-state index in [1.165, 1.54) is 6.42 Å². The summed E-state index contributed by atoms with van der Waals surface area (Å²) in [6, 6.07) is 0. The molecule has 130 valence electrons. The summed E-state index contributed by atoms with van der Waals surface area (Å²) in [5, 5.41) is 6.88. The van der Waals surface area contributed by atoms with Crippen molar-refractivity contribution in [2.45, 2.75) is 43.5 Å². The molecule has 0 aromatic carbocycles. The van der Waals surface area contributed by atoms with Gasteiger partial charge in [0, 0.05) is 44.7 Å². The Bertz CT molecular complexity index is 327. The van der Waals surface area contributed by atoms with Gasteiger partial charge < -0.3 is 20.1 Å². The van der Waals surface area contributed by atoms with Crippen molar-refractivity contribution in [1.82, 2.24) is 10.6 Å². The molecule has 2 N–H and O–H groups in total. The summed E-state index contributed by atoms with van der Waals surface area (Å²) in [6.07, 6.45) is 4.89. The molecule has 22 heavy (non-hydrogen) atoms. The highest BCUT2D eigenvalue weighted by atomic mass is 127. The van der Waals surface area contributed by atoms with E-state index in [-0.39, 0.29) is 28.7 Å². The zero-order valence-corrected chi connectivity index (χ0v) is 16.9. The SMILES string of the molecule is CCSC1(CNC(=NC)NCC2CCCO2)CCOCC1.I. The Morgan fingerprint density at radius 3 is 2.64 bits per heavy atom. The molecular weight excluding hydrogens is 413 g/mol. The third-order valence-corrected chi connectivity index (χ3v) is 5.63. The fourth-order valence-electron chi connectivity index (χ4n) is 2.90. The molecule has 2 heterocycles. The van der Waals surface area contributed by atoms with Crippen molar-refractivity contribution in [2.75, 3.05) is 45.7 Å². The minimum atomic E-state index is 0. The predicted octanol–water partition coefficient (Wildman–Crippen LogP) is 2.25. The highest BCUT2D eigenvalue weighted by Gasteiger charge is 2.32. The van der Waals surface area contributed by atoms with Gasteiger partial charge in [-0.05, 0) is 31.4 Å². The van der Waals surface area contributed by atoms with E-state index in [1.807, 2.05) is 18.8 Å². The zero-order valence-electron chi connectivity index (χ0n) is 13.7. The Morgan fingerprint density at radius 2 is 2.05 bits per heavy atom. The van der Waals surface area contributed by atoms with Crippen LogP contribution in [0.25, 0.3) is 0 Å². The first-order chi connectivity index (χ1) is 10.3. The Hall–Kier alpha value is 0.270. The number of guanidine groups is 1. The minimum absolute atomic E-state index is 0. The fraction of sp³-hybridized carbons (Fsp3) is 0.933. The van der Waals surface area contributed by atoms with Crippen molar-refractivity contribution in [3.8, 4) is 0 Å². The normalized spacial score (nSPS) is 24.6. The number of thioether (sulfide) groups is 1. The number of hydrogen-bond acceptors (Lipinski definition) is 4. The van der Waals surface area contributed by atoms with Gasteiger partial charge in [0.05, 0.1) is 6.10 Å². The van der Waals surface area contributed by atoms with Crippen LogP contribution in [0.15, 0.2) is 4.99 Å². The molecule has 2 fully saturated rings. The van der Waals surface area contributed by atoms with Gasteiger partial charge in [-0.15, -0.1) is 24.0 Å². The van der Waals surface area contributed by atoms with Crippen molar-refractivity contribution in [2.24, 2.45) is 4.99 Å². The molecule has 5 nitrogen and oxygen atoms in total. The van der Waals surface area contributed by atoms with E-state index in [0.29, 0.717) is 6.10 Å². The van der Waals surface area contributed by atoms with Gasteiger partial charge in [0.25, 0.3) is 0 Å². The Labute approximate surface area is 155 Å². The van der Waals surface area contributed by atoms with Crippen LogP contribution in [-0.4, -0.2) is 62.5 Å². The summed E-state index contributed by atoms with van der Waals surface area (Å²) >= 11 is 2.05. The lowest BCUT2D eigenvalue weighted by atomic mass is 9.99. The molecule has 0 saturated carbocycles. The molecule has 0 aromatic heterocycles. The van der Waals surface area contributed by atoms with Crippen LogP contribution in [0.5, 0.6) is 0 Å². The number of halogens is 1. The largest absolute Gasteiger partial charge is 0.381 e. The predicted molar refractivity (Wildman–Crippen MR) is 105 cm³/mol.